The zero-order valence-corrected chi connectivity index (χ0v) is 12.4. The smallest absolute Gasteiger partial charge is 0.323 e. The first-order valence-electron chi connectivity index (χ1n) is 5.12. The fourth-order valence-corrected chi connectivity index (χ4v) is 1.95. The summed E-state index contributed by atoms with van der Waals surface area (Å²) in [4.78, 5) is 36.8. The lowest BCUT2D eigenvalue weighted by Crippen LogP contribution is -2.65. The van der Waals surface area contributed by atoms with Gasteiger partial charge in [-0.3, -0.25) is 14.4 Å². The first-order valence-corrected chi connectivity index (χ1v) is 6.26. The molecule has 0 radical (unpaired) electrons. The Kier molecular flexibility index (Phi) is 7.20. The molecular weight excluding hydrogens is 320 g/mol. The number of hydrogen-bond donors (Lipinski definition) is 4. The molecule has 0 aliphatic rings. The molecule has 0 rings (SSSR count). The average Bonchev–Trinajstić information content (AvgIpc) is 2.41. The third kappa shape index (κ3) is 3.77. The van der Waals surface area contributed by atoms with Gasteiger partial charge in [-0.05, 0) is 37.4 Å². The lowest BCUT2D eigenvalue weighted by Gasteiger charge is -2.31. The van der Waals surface area contributed by atoms with E-state index in [2.05, 4.69) is 9.67 Å². The highest BCUT2D eigenvalue weighted by atomic mass is 35.5. The molecule has 110 valence electrons. The fraction of sp³-hybridized carbons (Fsp3) is 0.667. The summed E-state index contributed by atoms with van der Waals surface area (Å²) in [5.41, 5.74) is 5.37. The van der Waals surface area contributed by atoms with Crippen molar-refractivity contribution in [3.63, 3.8) is 0 Å². The van der Waals surface area contributed by atoms with Crippen molar-refractivity contribution in [2.24, 2.45) is 5.73 Å². The van der Waals surface area contributed by atoms with Gasteiger partial charge >= 0.3 is 5.97 Å². The Morgan fingerprint density at radius 3 is 1.63 bits per heavy atom. The average molecular weight is 335 g/mol. The maximum atomic E-state index is 12.1. The van der Waals surface area contributed by atoms with E-state index in [0.717, 1.165) is 0 Å². The van der Waals surface area contributed by atoms with Crippen molar-refractivity contribution >= 4 is 52.7 Å². The number of aliphatic carboxylic acids is 1. The standard InChI is InChI=1S/C9H14Cl3N3O4/c1-3(14-11)6(16)9(10,5(13)8(18)19)7(17)4(2)15-12/h3-5,14-15H,13H2,1-2H3,(H,18,19). The van der Waals surface area contributed by atoms with Gasteiger partial charge in [0.25, 0.3) is 0 Å². The van der Waals surface area contributed by atoms with E-state index in [-0.39, 0.29) is 0 Å². The molecule has 0 saturated carbocycles. The minimum atomic E-state index is -2.48. The van der Waals surface area contributed by atoms with Crippen molar-refractivity contribution in [3.8, 4) is 0 Å². The van der Waals surface area contributed by atoms with Crippen LogP contribution in [0.5, 0.6) is 0 Å². The van der Waals surface area contributed by atoms with Crippen LogP contribution >= 0.6 is 35.2 Å². The van der Waals surface area contributed by atoms with Crippen LogP contribution < -0.4 is 15.4 Å². The normalized spacial score (nSPS) is 19.1. The van der Waals surface area contributed by atoms with E-state index >= 15 is 0 Å². The molecule has 19 heavy (non-hydrogen) atoms. The zero-order valence-electron chi connectivity index (χ0n) is 10.1. The van der Waals surface area contributed by atoms with Crippen LogP contribution in [0.2, 0.25) is 0 Å². The highest BCUT2D eigenvalue weighted by molar-refractivity contribution is 6.50. The third-order valence-corrected chi connectivity index (χ3v) is 3.79. The van der Waals surface area contributed by atoms with E-state index < -0.39 is 40.5 Å². The maximum Gasteiger partial charge on any atom is 0.323 e. The lowest BCUT2D eigenvalue weighted by atomic mass is 9.84. The van der Waals surface area contributed by atoms with Gasteiger partial charge in [0, 0.05) is 0 Å². The summed E-state index contributed by atoms with van der Waals surface area (Å²) in [5.74, 6) is -3.51. The number of nitrogens with two attached hydrogens (primary N) is 1. The van der Waals surface area contributed by atoms with Gasteiger partial charge in [0.1, 0.15) is 6.04 Å². The van der Waals surface area contributed by atoms with Crippen molar-refractivity contribution in [1.82, 2.24) is 9.67 Å². The van der Waals surface area contributed by atoms with Crippen molar-refractivity contribution in [2.75, 3.05) is 0 Å². The number of rotatable bonds is 8. The number of alkyl halides is 1. The Morgan fingerprint density at radius 1 is 1.11 bits per heavy atom. The van der Waals surface area contributed by atoms with E-state index in [4.69, 9.17) is 46.0 Å². The monoisotopic (exact) mass is 333 g/mol. The van der Waals surface area contributed by atoms with Crippen LogP contribution in [0.3, 0.4) is 0 Å². The quantitative estimate of drug-likeness (QED) is 0.275. The second-order valence-electron chi connectivity index (χ2n) is 3.92. The molecule has 0 amide bonds. The van der Waals surface area contributed by atoms with Crippen LogP contribution in [0.1, 0.15) is 13.8 Å². The predicted octanol–water partition coefficient (Wildman–Crippen LogP) is -0.222. The Labute approximate surface area is 125 Å². The molecule has 0 heterocycles. The highest BCUT2D eigenvalue weighted by Crippen LogP contribution is 2.26. The SMILES string of the molecule is CC(NCl)C(=O)C(Cl)(C(=O)C(C)NCl)C(N)C(=O)O. The summed E-state index contributed by atoms with van der Waals surface area (Å²) in [5, 5.41) is 8.90. The molecule has 7 nitrogen and oxygen atoms in total. The summed E-state index contributed by atoms with van der Waals surface area (Å²) >= 11 is 16.5. The molecule has 0 bridgehead atoms. The summed E-state index contributed by atoms with van der Waals surface area (Å²) in [6.07, 6.45) is 0. The van der Waals surface area contributed by atoms with Crippen LogP contribution in [0.15, 0.2) is 0 Å². The van der Waals surface area contributed by atoms with E-state index in [1.165, 1.54) is 13.8 Å². The van der Waals surface area contributed by atoms with Crippen LogP contribution in [0.25, 0.3) is 0 Å². The van der Waals surface area contributed by atoms with Gasteiger partial charge in [-0.15, -0.1) is 0 Å². The predicted molar refractivity (Wildman–Crippen MR) is 71.1 cm³/mol. The zero-order chi connectivity index (χ0) is 15.4. The van der Waals surface area contributed by atoms with Crippen LogP contribution in [-0.4, -0.2) is 45.6 Å². The third-order valence-electron chi connectivity index (χ3n) is 2.53. The van der Waals surface area contributed by atoms with Gasteiger partial charge in [0.2, 0.25) is 0 Å². The number of carbonyl (C=O) groups excluding carboxylic acids is 2. The molecule has 5 N–H and O–H groups in total. The summed E-state index contributed by atoms with van der Waals surface area (Å²) in [7, 11) is 0. The van der Waals surface area contributed by atoms with Crippen molar-refractivity contribution in [2.45, 2.75) is 36.8 Å². The molecule has 0 aliphatic carbocycles. The highest BCUT2D eigenvalue weighted by Gasteiger charge is 2.54. The molecular formula is C9H14Cl3N3O4. The number of carboxylic acid groups (broad SMARTS) is 1. The number of ketones is 2. The van der Waals surface area contributed by atoms with Crippen LogP contribution in [-0.2, 0) is 14.4 Å². The van der Waals surface area contributed by atoms with Gasteiger partial charge in [-0.2, -0.15) is 0 Å². The Bertz CT molecular complexity index is 358. The number of hydrogen-bond acceptors (Lipinski definition) is 6. The van der Waals surface area contributed by atoms with Gasteiger partial charge in [-0.1, -0.05) is 11.6 Å². The minimum absolute atomic E-state index is 0.956. The van der Waals surface area contributed by atoms with E-state index in [0.29, 0.717) is 0 Å². The van der Waals surface area contributed by atoms with E-state index in [1.807, 2.05) is 0 Å². The maximum absolute atomic E-state index is 12.1. The molecule has 3 unspecified atom stereocenters. The Hall–Kier alpha value is -0.440. The van der Waals surface area contributed by atoms with Crippen LogP contribution in [0.4, 0.5) is 0 Å². The largest absolute Gasteiger partial charge is 0.480 e. The summed E-state index contributed by atoms with van der Waals surface area (Å²) in [6, 6.07) is -4.08. The van der Waals surface area contributed by atoms with Crippen LogP contribution in [0, 0.1) is 0 Å². The molecule has 10 heteroatoms. The second kappa shape index (κ2) is 7.37. The minimum Gasteiger partial charge on any atom is -0.480 e. The number of carbonyl (C=O) groups is 3. The Morgan fingerprint density at radius 2 is 1.42 bits per heavy atom. The van der Waals surface area contributed by atoms with Gasteiger partial charge < -0.3 is 10.8 Å². The first kappa shape index (κ1) is 18.6. The molecule has 0 fully saturated rings. The molecule has 0 saturated heterocycles. The Balaban J connectivity index is 5.67. The van der Waals surface area contributed by atoms with Gasteiger partial charge in [0.15, 0.2) is 16.4 Å². The second-order valence-corrected chi connectivity index (χ2v) is 4.95. The van der Waals surface area contributed by atoms with Gasteiger partial charge in [0.05, 0.1) is 12.1 Å². The number of Topliss-reactive ketones (excluding diaryl/α,β-unsaturated/α-hetero) is 2. The van der Waals surface area contributed by atoms with E-state index in [1.54, 1.807) is 0 Å². The first-order chi connectivity index (χ1) is 8.64. The van der Waals surface area contributed by atoms with Crippen molar-refractivity contribution in [3.05, 3.63) is 0 Å². The molecule has 3 atom stereocenters. The fourth-order valence-electron chi connectivity index (χ4n) is 1.33. The van der Waals surface area contributed by atoms with Gasteiger partial charge in [-0.25, -0.2) is 9.67 Å². The molecule has 0 spiro atoms. The molecule has 0 aromatic carbocycles. The number of carboxylic acids is 1. The number of halogens is 3. The molecule has 0 aliphatic heterocycles. The topological polar surface area (TPSA) is 122 Å². The van der Waals surface area contributed by atoms with E-state index in [9.17, 15) is 14.4 Å². The van der Waals surface area contributed by atoms with Crippen molar-refractivity contribution in [1.29, 1.82) is 0 Å². The number of nitrogens with one attached hydrogen (secondary N) is 2. The summed E-state index contributed by atoms with van der Waals surface area (Å²) in [6.45, 7) is 2.63. The van der Waals surface area contributed by atoms with Crippen molar-refractivity contribution < 1.29 is 19.5 Å². The summed E-state index contributed by atoms with van der Waals surface area (Å²) < 4.78 is 0. The lowest BCUT2D eigenvalue weighted by molar-refractivity contribution is -0.145. The molecule has 0 aromatic rings. The molecule has 0 aromatic heterocycles.